The van der Waals surface area contributed by atoms with E-state index in [4.69, 9.17) is 21.1 Å². The van der Waals surface area contributed by atoms with Gasteiger partial charge in [0.15, 0.2) is 0 Å². The van der Waals surface area contributed by atoms with Crippen molar-refractivity contribution >= 4 is 38.9 Å². The average molecular weight is 493 g/mol. The molecule has 10 heteroatoms. The van der Waals surface area contributed by atoms with Gasteiger partial charge in [0.1, 0.15) is 23.9 Å². The number of carbonyl (C=O) groups excluding carboxylic acids is 1. The number of anilines is 2. The minimum atomic E-state index is -4.17. The van der Waals surface area contributed by atoms with Gasteiger partial charge < -0.3 is 14.8 Å². The number of sulfonamides is 1. The van der Waals surface area contributed by atoms with Crippen LogP contribution in [0.3, 0.4) is 0 Å². The molecule has 0 aliphatic rings. The standard InChI is InChI=1S/C23H22ClFN2O5S/c1-3-32-19-9-11-20(12-10-19)33(29,30)27(18-7-5-17(25)6-8-18)15-23(28)26-21-14-16(24)4-13-22(21)31-2/h4-14H,3,15H2,1-2H3,(H,26,28). The third kappa shape index (κ3) is 5.94. The molecule has 0 unspecified atom stereocenters. The number of rotatable bonds is 9. The molecule has 0 aromatic heterocycles. The summed E-state index contributed by atoms with van der Waals surface area (Å²) >= 11 is 6.00. The molecule has 174 valence electrons. The molecule has 3 aromatic carbocycles. The molecular formula is C23H22ClFN2O5S. The van der Waals surface area contributed by atoms with Crippen LogP contribution in [0.2, 0.25) is 5.02 Å². The summed E-state index contributed by atoms with van der Waals surface area (Å²) in [5.41, 5.74) is 0.408. The van der Waals surface area contributed by atoms with E-state index in [1.807, 2.05) is 6.92 Å². The summed E-state index contributed by atoms with van der Waals surface area (Å²) in [6, 6.07) is 15.3. The van der Waals surface area contributed by atoms with E-state index in [0.717, 1.165) is 16.4 Å². The Morgan fingerprint density at radius 2 is 1.73 bits per heavy atom. The summed E-state index contributed by atoms with van der Waals surface area (Å²) in [5, 5.41) is 2.98. The summed E-state index contributed by atoms with van der Waals surface area (Å²) in [4.78, 5) is 12.8. The van der Waals surface area contributed by atoms with Gasteiger partial charge >= 0.3 is 0 Å². The Kier molecular flexibility index (Phi) is 7.78. The SMILES string of the molecule is CCOc1ccc(S(=O)(=O)N(CC(=O)Nc2cc(Cl)ccc2OC)c2ccc(F)cc2)cc1. The molecule has 3 rings (SSSR count). The number of nitrogens with one attached hydrogen (secondary N) is 1. The molecule has 0 aliphatic carbocycles. The lowest BCUT2D eigenvalue weighted by molar-refractivity contribution is -0.114. The summed E-state index contributed by atoms with van der Waals surface area (Å²) in [6.45, 7) is 1.67. The third-order valence-corrected chi connectivity index (χ3v) is 6.58. The highest BCUT2D eigenvalue weighted by atomic mass is 35.5. The van der Waals surface area contributed by atoms with Crippen LogP contribution in [-0.4, -0.2) is 34.6 Å². The number of hydrogen-bond donors (Lipinski definition) is 1. The Morgan fingerprint density at radius 1 is 1.06 bits per heavy atom. The highest BCUT2D eigenvalue weighted by Crippen LogP contribution is 2.29. The predicted molar refractivity (Wildman–Crippen MR) is 125 cm³/mol. The zero-order valence-corrected chi connectivity index (χ0v) is 19.5. The molecule has 3 aromatic rings. The van der Waals surface area contributed by atoms with Crippen molar-refractivity contribution in [1.82, 2.24) is 0 Å². The Bertz CT molecular complexity index is 1220. The number of benzene rings is 3. The maximum atomic E-state index is 13.5. The quantitative estimate of drug-likeness (QED) is 0.467. The first kappa shape index (κ1) is 24.3. The number of amides is 1. The lowest BCUT2D eigenvalue weighted by Crippen LogP contribution is -2.38. The van der Waals surface area contributed by atoms with Gasteiger partial charge in [-0.15, -0.1) is 0 Å². The summed E-state index contributed by atoms with van der Waals surface area (Å²) in [6.07, 6.45) is 0. The van der Waals surface area contributed by atoms with E-state index >= 15 is 0 Å². The smallest absolute Gasteiger partial charge is 0.264 e. The molecule has 33 heavy (non-hydrogen) atoms. The first-order valence-corrected chi connectivity index (χ1v) is 11.7. The van der Waals surface area contributed by atoms with Gasteiger partial charge in [0.25, 0.3) is 10.0 Å². The largest absolute Gasteiger partial charge is 0.495 e. The van der Waals surface area contributed by atoms with Crippen molar-refractivity contribution < 1.29 is 27.1 Å². The summed E-state index contributed by atoms with van der Waals surface area (Å²) in [5.74, 6) is -0.314. The summed E-state index contributed by atoms with van der Waals surface area (Å²) in [7, 11) is -2.74. The fourth-order valence-corrected chi connectivity index (χ4v) is 4.62. The van der Waals surface area contributed by atoms with Crippen LogP contribution in [0.5, 0.6) is 11.5 Å². The predicted octanol–water partition coefficient (Wildman–Crippen LogP) is 4.72. The normalized spacial score (nSPS) is 11.0. The summed E-state index contributed by atoms with van der Waals surface area (Å²) < 4.78 is 51.8. The lowest BCUT2D eigenvalue weighted by atomic mass is 10.3. The van der Waals surface area contributed by atoms with E-state index in [2.05, 4.69) is 5.32 Å². The fraction of sp³-hybridized carbons (Fsp3) is 0.174. The second kappa shape index (κ2) is 10.5. The number of nitrogens with zero attached hydrogens (tertiary/aromatic N) is 1. The van der Waals surface area contributed by atoms with Crippen molar-refractivity contribution in [2.75, 3.05) is 29.9 Å². The number of halogens is 2. The van der Waals surface area contributed by atoms with Crippen LogP contribution in [0, 0.1) is 5.82 Å². The molecule has 0 saturated carbocycles. The van der Waals surface area contributed by atoms with Gasteiger partial charge in [0.05, 0.1) is 30.0 Å². The van der Waals surface area contributed by atoms with E-state index in [-0.39, 0.29) is 16.3 Å². The maximum absolute atomic E-state index is 13.5. The van der Waals surface area contributed by atoms with E-state index < -0.39 is 28.3 Å². The number of hydrogen-bond acceptors (Lipinski definition) is 5. The van der Waals surface area contributed by atoms with E-state index in [1.165, 1.54) is 49.6 Å². The van der Waals surface area contributed by atoms with Crippen LogP contribution in [0.4, 0.5) is 15.8 Å². The van der Waals surface area contributed by atoms with Crippen molar-refractivity contribution in [3.8, 4) is 11.5 Å². The van der Waals surface area contributed by atoms with Gasteiger partial charge in [-0.25, -0.2) is 12.8 Å². The Labute approximate surface area is 196 Å². The van der Waals surface area contributed by atoms with Gasteiger partial charge in [-0.3, -0.25) is 9.10 Å². The molecule has 0 radical (unpaired) electrons. The van der Waals surface area contributed by atoms with Crippen molar-refractivity contribution in [1.29, 1.82) is 0 Å². The van der Waals surface area contributed by atoms with Gasteiger partial charge in [-0.05, 0) is 73.7 Å². The first-order valence-electron chi connectivity index (χ1n) is 9.89. The lowest BCUT2D eigenvalue weighted by Gasteiger charge is -2.24. The van der Waals surface area contributed by atoms with Gasteiger partial charge in [-0.2, -0.15) is 0 Å². The topological polar surface area (TPSA) is 84.9 Å². The molecule has 7 nitrogen and oxygen atoms in total. The molecule has 0 spiro atoms. The zero-order chi connectivity index (χ0) is 24.0. The second-order valence-corrected chi connectivity index (χ2v) is 9.08. The number of ether oxygens (including phenoxy) is 2. The van der Waals surface area contributed by atoms with Crippen molar-refractivity contribution in [3.63, 3.8) is 0 Å². The number of carbonyl (C=O) groups is 1. The molecule has 1 N–H and O–H groups in total. The fourth-order valence-electron chi connectivity index (χ4n) is 3.02. The Balaban J connectivity index is 1.94. The first-order chi connectivity index (χ1) is 15.7. The van der Waals surface area contributed by atoms with Gasteiger partial charge in [0.2, 0.25) is 5.91 Å². The highest BCUT2D eigenvalue weighted by molar-refractivity contribution is 7.92. The van der Waals surface area contributed by atoms with Crippen molar-refractivity contribution in [2.45, 2.75) is 11.8 Å². The van der Waals surface area contributed by atoms with E-state index in [9.17, 15) is 17.6 Å². The molecule has 0 atom stereocenters. The van der Waals surface area contributed by atoms with Crippen LogP contribution in [0.25, 0.3) is 0 Å². The molecule has 0 fully saturated rings. The van der Waals surface area contributed by atoms with Crippen LogP contribution >= 0.6 is 11.6 Å². The average Bonchev–Trinajstić information content (AvgIpc) is 2.79. The Hall–Kier alpha value is -3.30. The molecule has 0 saturated heterocycles. The van der Waals surface area contributed by atoms with Crippen LogP contribution < -0.4 is 19.1 Å². The van der Waals surface area contributed by atoms with Crippen LogP contribution in [0.1, 0.15) is 6.92 Å². The highest BCUT2D eigenvalue weighted by Gasteiger charge is 2.27. The minimum absolute atomic E-state index is 0.0524. The maximum Gasteiger partial charge on any atom is 0.264 e. The minimum Gasteiger partial charge on any atom is -0.495 e. The zero-order valence-electron chi connectivity index (χ0n) is 17.9. The second-order valence-electron chi connectivity index (χ2n) is 6.79. The van der Waals surface area contributed by atoms with Crippen LogP contribution in [0.15, 0.2) is 71.6 Å². The van der Waals surface area contributed by atoms with Crippen LogP contribution in [-0.2, 0) is 14.8 Å². The van der Waals surface area contributed by atoms with Crippen molar-refractivity contribution in [2.24, 2.45) is 0 Å². The van der Waals surface area contributed by atoms with Gasteiger partial charge in [0, 0.05) is 5.02 Å². The Morgan fingerprint density at radius 3 is 2.33 bits per heavy atom. The number of methoxy groups -OCH3 is 1. The molecule has 0 aliphatic heterocycles. The molecule has 1 amide bonds. The molecular weight excluding hydrogens is 471 g/mol. The van der Waals surface area contributed by atoms with Gasteiger partial charge in [-0.1, -0.05) is 11.6 Å². The molecule has 0 bridgehead atoms. The monoisotopic (exact) mass is 492 g/mol. The van der Waals surface area contributed by atoms with E-state index in [0.29, 0.717) is 23.1 Å². The van der Waals surface area contributed by atoms with Crippen molar-refractivity contribution in [3.05, 3.63) is 77.6 Å². The third-order valence-electron chi connectivity index (χ3n) is 4.56. The van der Waals surface area contributed by atoms with E-state index in [1.54, 1.807) is 12.1 Å². The molecule has 0 heterocycles.